The van der Waals surface area contributed by atoms with Crippen molar-refractivity contribution in [3.8, 4) is 0 Å². The number of hydrogen-bond donors (Lipinski definition) is 1. The molecule has 0 aliphatic carbocycles. The first-order valence-electron chi connectivity index (χ1n) is 5.07. The molecule has 0 unspecified atom stereocenters. The fraction of sp³-hybridized carbons (Fsp3) is 0.444. The van der Waals surface area contributed by atoms with Gasteiger partial charge >= 0.3 is 0 Å². The van der Waals surface area contributed by atoms with Crippen LogP contribution >= 0.6 is 0 Å². The second-order valence-corrected chi connectivity index (χ2v) is 5.99. The van der Waals surface area contributed by atoms with Gasteiger partial charge in [-0.3, -0.25) is 10.1 Å². The lowest BCUT2D eigenvalue weighted by Crippen LogP contribution is -2.28. The molecule has 0 saturated carbocycles. The van der Waals surface area contributed by atoms with Crippen LogP contribution in [-0.4, -0.2) is 49.0 Å². The van der Waals surface area contributed by atoms with Crippen molar-refractivity contribution < 1.29 is 13.3 Å². The van der Waals surface area contributed by atoms with Crippen molar-refractivity contribution in [3.05, 3.63) is 28.4 Å². The molecule has 0 spiro atoms. The predicted molar refractivity (Wildman–Crippen MR) is 66.9 cm³/mol. The van der Waals surface area contributed by atoms with Crippen molar-refractivity contribution in [3.63, 3.8) is 0 Å². The number of aromatic nitrogens is 1. The maximum Gasteiger partial charge on any atom is 0.287 e. The third kappa shape index (κ3) is 3.93. The molecular weight excluding hydrogens is 260 g/mol. The highest BCUT2D eigenvalue weighted by Gasteiger charge is 2.12. The second-order valence-electron chi connectivity index (χ2n) is 3.68. The molecule has 100 valence electrons. The molecule has 1 N–H and O–H groups in total. The van der Waals surface area contributed by atoms with Crippen molar-refractivity contribution in [1.29, 1.82) is 0 Å². The lowest BCUT2D eigenvalue weighted by Gasteiger charge is -2.11. The SMILES string of the molecule is CN(C)S(=O)(=O)CCNc1ccc([N+](=O)[O-])cn1. The Kier molecular flexibility index (Phi) is 4.56. The molecule has 0 aromatic carbocycles. The van der Waals surface area contributed by atoms with Gasteiger partial charge in [0.1, 0.15) is 12.0 Å². The molecule has 1 heterocycles. The molecule has 0 bridgehead atoms. The van der Waals surface area contributed by atoms with E-state index < -0.39 is 14.9 Å². The molecule has 9 heteroatoms. The highest BCUT2D eigenvalue weighted by atomic mass is 32.2. The Morgan fingerprint density at radius 1 is 1.44 bits per heavy atom. The minimum atomic E-state index is -3.26. The van der Waals surface area contributed by atoms with E-state index in [0.29, 0.717) is 5.82 Å². The zero-order chi connectivity index (χ0) is 13.8. The highest BCUT2D eigenvalue weighted by Crippen LogP contribution is 2.11. The van der Waals surface area contributed by atoms with Gasteiger partial charge in [-0.25, -0.2) is 17.7 Å². The topological polar surface area (TPSA) is 105 Å². The number of nitrogens with zero attached hydrogens (tertiary/aromatic N) is 3. The maximum absolute atomic E-state index is 11.4. The molecule has 18 heavy (non-hydrogen) atoms. The molecule has 0 fully saturated rings. The third-order valence-corrected chi connectivity index (χ3v) is 4.01. The Bertz CT molecular complexity index is 512. The summed E-state index contributed by atoms with van der Waals surface area (Å²) >= 11 is 0. The van der Waals surface area contributed by atoms with Crippen molar-refractivity contribution in [1.82, 2.24) is 9.29 Å². The fourth-order valence-electron chi connectivity index (χ4n) is 1.09. The van der Waals surface area contributed by atoms with Crippen molar-refractivity contribution in [2.75, 3.05) is 31.7 Å². The van der Waals surface area contributed by atoms with E-state index in [0.717, 1.165) is 10.5 Å². The Morgan fingerprint density at radius 3 is 2.56 bits per heavy atom. The first kappa shape index (κ1) is 14.3. The molecule has 0 radical (unpaired) electrons. The minimum absolute atomic E-state index is 0.0708. The number of anilines is 1. The monoisotopic (exact) mass is 274 g/mol. The molecule has 8 nitrogen and oxygen atoms in total. The fourth-order valence-corrected chi connectivity index (χ4v) is 1.81. The molecule has 0 aliphatic rings. The van der Waals surface area contributed by atoms with E-state index in [1.807, 2.05) is 0 Å². The summed E-state index contributed by atoms with van der Waals surface area (Å²) in [6.45, 7) is 0.186. The molecule has 1 aromatic rings. The van der Waals surface area contributed by atoms with Crippen LogP contribution in [0.4, 0.5) is 11.5 Å². The minimum Gasteiger partial charge on any atom is -0.369 e. The average molecular weight is 274 g/mol. The maximum atomic E-state index is 11.4. The van der Waals surface area contributed by atoms with Gasteiger partial charge in [-0.15, -0.1) is 0 Å². The quantitative estimate of drug-likeness (QED) is 0.590. The highest BCUT2D eigenvalue weighted by molar-refractivity contribution is 7.89. The van der Waals surface area contributed by atoms with E-state index in [1.165, 1.54) is 26.2 Å². The Morgan fingerprint density at radius 2 is 2.11 bits per heavy atom. The van der Waals surface area contributed by atoms with Gasteiger partial charge in [0, 0.05) is 26.7 Å². The van der Waals surface area contributed by atoms with Gasteiger partial charge in [-0.05, 0) is 6.07 Å². The Balaban J connectivity index is 2.52. The number of sulfonamides is 1. The first-order chi connectivity index (χ1) is 8.33. The van der Waals surface area contributed by atoms with E-state index in [9.17, 15) is 18.5 Å². The summed E-state index contributed by atoms with van der Waals surface area (Å²) < 4.78 is 24.0. The van der Waals surface area contributed by atoms with Crippen LogP contribution in [0.15, 0.2) is 18.3 Å². The van der Waals surface area contributed by atoms with E-state index in [-0.39, 0.29) is 18.0 Å². The molecule has 0 atom stereocenters. The van der Waals surface area contributed by atoms with Crippen LogP contribution in [0.3, 0.4) is 0 Å². The van der Waals surface area contributed by atoms with Gasteiger partial charge in [-0.2, -0.15) is 0 Å². The summed E-state index contributed by atoms with van der Waals surface area (Å²) in [7, 11) is -0.340. The van der Waals surface area contributed by atoms with Gasteiger partial charge in [0.05, 0.1) is 10.7 Å². The zero-order valence-corrected chi connectivity index (χ0v) is 10.8. The predicted octanol–water partition coefficient (Wildman–Crippen LogP) is 0.293. The van der Waals surface area contributed by atoms with Crippen molar-refractivity contribution in [2.24, 2.45) is 0 Å². The van der Waals surface area contributed by atoms with Crippen LogP contribution < -0.4 is 5.32 Å². The Hall–Kier alpha value is -1.74. The number of pyridine rings is 1. The van der Waals surface area contributed by atoms with E-state index in [1.54, 1.807) is 0 Å². The van der Waals surface area contributed by atoms with E-state index in [4.69, 9.17) is 0 Å². The number of hydrogen-bond acceptors (Lipinski definition) is 6. The zero-order valence-electron chi connectivity index (χ0n) is 10.0. The lowest BCUT2D eigenvalue weighted by atomic mass is 10.4. The standard InChI is InChI=1S/C9H14N4O4S/c1-12(2)18(16,17)6-5-10-9-4-3-8(7-11-9)13(14)15/h3-4,7H,5-6H2,1-2H3,(H,10,11). The van der Waals surface area contributed by atoms with Gasteiger partial charge < -0.3 is 5.32 Å². The molecule has 1 rings (SSSR count). The van der Waals surface area contributed by atoms with Crippen LogP contribution in [0.1, 0.15) is 0 Å². The normalized spacial score (nSPS) is 11.5. The van der Waals surface area contributed by atoms with Gasteiger partial charge in [-0.1, -0.05) is 0 Å². The summed E-state index contributed by atoms with van der Waals surface area (Å²) in [6.07, 6.45) is 1.11. The molecule has 0 saturated heterocycles. The number of nitro groups is 1. The largest absolute Gasteiger partial charge is 0.369 e. The van der Waals surface area contributed by atoms with Crippen LogP contribution in [0.2, 0.25) is 0 Å². The second kappa shape index (κ2) is 5.74. The first-order valence-corrected chi connectivity index (χ1v) is 6.68. The summed E-state index contributed by atoms with van der Waals surface area (Å²) in [6, 6.07) is 2.73. The van der Waals surface area contributed by atoms with Crippen molar-refractivity contribution in [2.45, 2.75) is 0 Å². The molecular formula is C9H14N4O4S. The van der Waals surface area contributed by atoms with Gasteiger partial charge in [0.25, 0.3) is 5.69 Å². The lowest BCUT2D eigenvalue weighted by molar-refractivity contribution is -0.385. The van der Waals surface area contributed by atoms with Crippen LogP contribution in [0.25, 0.3) is 0 Å². The number of nitrogens with one attached hydrogen (secondary N) is 1. The molecule has 1 aromatic heterocycles. The van der Waals surface area contributed by atoms with Crippen LogP contribution in [-0.2, 0) is 10.0 Å². The van der Waals surface area contributed by atoms with Gasteiger partial charge in [0.15, 0.2) is 0 Å². The van der Waals surface area contributed by atoms with Crippen LogP contribution in [0, 0.1) is 10.1 Å². The van der Waals surface area contributed by atoms with E-state index >= 15 is 0 Å². The van der Waals surface area contributed by atoms with Gasteiger partial charge in [0.2, 0.25) is 10.0 Å². The summed E-state index contributed by atoms with van der Waals surface area (Å²) in [5, 5.41) is 13.2. The average Bonchev–Trinajstić information content (AvgIpc) is 2.29. The Labute approximate surface area is 105 Å². The number of rotatable bonds is 6. The van der Waals surface area contributed by atoms with Crippen molar-refractivity contribution >= 4 is 21.5 Å². The van der Waals surface area contributed by atoms with E-state index in [2.05, 4.69) is 10.3 Å². The third-order valence-electron chi connectivity index (χ3n) is 2.18. The smallest absolute Gasteiger partial charge is 0.287 e. The summed E-state index contributed by atoms with van der Waals surface area (Å²) in [4.78, 5) is 13.6. The summed E-state index contributed by atoms with van der Waals surface area (Å²) in [5.41, 5.74) is -0.110. The van der Waals surface area contributed by atoms with Crippen LogP contribution in [0.5, 0.6) is 0 Å². The summed E-state index contributed by atoms with van der Waals surface area (Å²) in [5.74, 6) is 0.327. The molecule has 0 amide bonds. The molecule has 0 aliphatic heterocycles.